The van der Waals surface area contributed by atoms with Crippen LogP contribution in [0.25, 0.3) is 0 Å². The van der Waals surface area contributed by atoms with Crippen LogP contribution in [0.15, 0.2) is 41.3 Å². The highest BCUT2D eigenvalue weighted by atomic mass is 32.2. The van der Waals surface area contributed by atoms with Gasteiger partial charge in [0.1, 0.15) is 11.6 Å². The van der Waals surface area contributed by atoms with Gasteiger partial charge in [-0.2, -0.15) is 0 Å². The Balaban J connectivity index is 1.87. The molecular weight excluding hydrogens is 301 g/mol. The predicted octanol–water partition coefficient (Wildman–Crippen LogP) is 3.81. The summed E-state index contributed by atoms with van der Waals surface area (Å²) in [7, 11) is 0. The lowest BCUT2D eigenvalue weighted by atomic mass is 10.0. The van der Waals surface area contributed by atoms with Gasteiger partial charge in [0.15, 0.2) is 0 Å². The van der Waals surface area contributed by atoms with Gasteiger partial charge in [-0.15, -0.1) is 11.8 Å². The SMILES string of the molecule is Cc1cccc(C(=O)NC2CCSc3c(F)cccc32)c1O. The van der Waals surface area contributed by atoms with Crippen LogP contribution in [0.5, 0.6) is 5.75 Å². The van der Waals surface area contributed by atoms with E-state index in [2.05, 4.69) is 5.32 Å². The first-order valence-corrected chi connectivity index (χ1v) is 8.07. The van der Waals surface area contributed by atoms with Crippen LogP contribution in [0.3, 0.4) is 0 Å². The topological polar surface area (TPSA) is 49.3 Å². The summed E-state index contributed by atoms with van der Waals surface area (Å²) in [6, 6.07) is 9.75. The Labute approximate surface area is 132 Å². The molecule has 1 aliphatic rings. The van der Waals surface area contributed by atoms with E-state index < -0.39 is 0 Å². The first-order chi connectivity index (χ1) is 10.6. The fourth-order valence-electron chi connectivity index (χ4n) is 2.61. The highest BCUT2D eigenvalue weighted by Crippen LogP contribution is 2.38. The number of halogens is 1. The van der Waals surface area contributed by atoms with Crippen LogP contribution in [-0.2, 0) is 0 Å². The molecule has 0 spiro atoms. The lowest BCUT2D eigenvalue weighted by Gasteiger charge is -2.26. The molecule has 3 rings (SSSR count). The van der Waals surface area contributed by atoms with E-state index in [-0.39, 0.29) is 29.1 Å². The van der Waals surface area contributed by atoms with Gasteiger partial charge in [0.25, 0.3) is 5.91 Å². The van der Waals surface area contributed by atoms with E-state index in [4.69, 9.17) is 0 Å². The number of thioether (sulfide) groups is 1. The lowest BCUT2D eigenvalue weighted by Crippen LogP contribution is -2.31. The third-order valence-corrected chi connectivity index (χ3v) is 4.97. The van der Waals surface area contributed by atoms with Gasteiger partial charge in [-0.25, -0.2) is 4.39 Å². The van der Waals surface area contributed by atoms with Gasteiger partial charge >= 0.3 is 0 Å². The highest BCUT2D eigenvalue weighted by Gasteiger charge is 2.25. The van der Waals surface area contributed by atoms with Gasteiger partial charge < -0.3 is 10.4 Å². The number of nitrogens with one attached hydrogen (secondary N) is 1. The second-order valence-corrected chi connectivity index (χ2v) is 6.40. The number of hydrogen-bond donors (Lipinski definition) is 2. The van der Waals surface area contributed by atoms with Crippen molar-refractivity contribution in [1.82, 2.24) is 5.32 Å². The maximum atomic E-state index is 13.8. The number of para-hydroxylation sites is 1. The zero-order valence-corrected chi connectivity index (χ0v) is 12.9. The number of aryl methyl sites for hydroxylation is 1. The van der Waals surface area contributed by atoms with Crippen molar-refractivity contribution in [2.24, 2.45) is 0 Å². The van der Waals surface area contributed by atoms with Crippen LogP contribution in [-0.4, -0.2) is 16.8 Å². The molecule has 0 aliphatic carbocycles. The number of aromatic hydroxyl groups is 1. The van der Waals surface area contributed by atoms with Gasteiger partial charge in [0, 0.05) is 10.6 Å². The standard InChI is InChI=1S/C17H16FNO2S/c1-10-4-2-6-12(15(10)20)17(21)19-14-8-9-22-16-11(14)5-3-7-13(16)18/h2-7,14,20H,8-9H2,1H3,(H,19,21). The molecule has 1 heterocycles. The quantitative estimate of drug-likeness (QED) is 0.885. The number of phenols is 1. The van der Waals surface area contributed by atoms with E-state index in [0.29, 0.717) is 10.5 Å². The van der Waals surface area contributed by atoms with Crippen molar-refractivity contribution in [3.05, 3.63) is 58.9 Å². The molecule has 2 N–H and O–H groups in total. The Morgan fingerprint density at radius 1 is 1.32 bits per heavy atom. The molecule has 114 valence electrons. The Morgan fingerprint density at radius 3 is 2.91 bits per heavy atom. The molecule has 0 fully saturated rings. The molecule has 22 heavy (non-hydrogen) atoms. The summed E-state index contributed by atoms with van der Waals surface area (Å²) in [6.45, 7) is 1.74. The van der Waals surface area contributed by atoms with Crippen molar-refractivity contribution in [3.63, 3.8) is 0 Å². The minimum Gasteiger partial charge on any atom is -0.507 e. The molecule has 3 nitrogen and oxygen atoms in total. The highest BCUT2D eigenvalue weighted by molar-refractivity contribution is 7.99. The number of amides is 1. The smallest absolute Gasteiger partial charge is 0.255 e. The average Bonchev–Trinajstić information content (AvgIpc) is 2.51. The minimum atomic E-state index is -0.340. The lowest BCUT2D eigenvalue weighted by molar-refractivity contribution is 0.0932. The molecule has 1 amide bonds. The molecule has 2 aromatic rings. The second kappa shape index (κ2) is 6.01. The summed E-state index contributed by atoms with van der Waals surface area (Å²) in [6.07, 6.45) is 0.736. The third kappa shape index (κ3) is 2.68. The molecule has 1 unspecified atom stereocenters. The molecule has 2 aromatic carbocycles. The van der Waals surface area contributed by atoms with E-state index in [1.54, 1.807) is 31.2 Å². The maximum Gasteiger partial charge on any atom is 0.255 e. The molecule has 0 saturated carbocycles. The summed E-state index contributed by atoms with van der Waals surface area (Å²) in [5.41, 5.74) is 1.70. The van der Waals surface area contributed by atoms with Crippen molar-refractivity contribution < 1.29 is 14.3 Å². The van der Waals surface area contributed by atoms with Crippen molar-refractivity contribution in [2.75, 3.05) is 5.75 Å². The third-order valence-electron chi connectivity index (χ3n) is 3.81. The van der Waals surface area contributed by atoms with E-state index in [9.17, 15) is 14.3 Å². The van der Waals surface area contributed by atoms with Crippen LogP contribution >= 0.6 is 11.8 Å². The number of carbonyl (C=O) groups excluding carboxylic acids is 1. The largest absolute Gasteiger partial charge is 0.507 e. The van der Waals surface area contributed by atoms with Crippen LogP contribution < -0.4 is 5.32 Å². The molecule has 0 bridgehead atoms. The number of benzene rings is 2. The van der Waals surface area contributed by atoms with Crippen molar-refractivity contribution in [1.29, 1.82) is 0 Å². The Kier molecular flexibility index (Phi) is 4.07. The second-order valence-electron chi connectivity index (χ2n) is 5.29. The van der Waals surface area contributed by atoms with Crippen LogP contribution in [0.1, 0.15) is 33.9 Å². The van der Waals surface area contributed by atoms with E-state index >= 15 is 0 Å². The maximum absolute atomic E-state index is 13.8. The first kappa shape index (κ1) is 14.9. The van der Waals surface area contributed by atoms with Crippen molar-refractivity contribution in [3.8, 4) is 5.75 Å². The minimum absolute atomic E-state index is 0.00958. The van der Waals surface area contributed by atoms with Crippen molar-refractivity contribution in [2.45, 2.75) is 24.3 Å². The molecule has 1 aliphatic heterocycles. The monoisotopic (exact) mass is 317 g/mol. The summed E-state index contributed by atoms with van der Waals surface area (Å²) in [4.78, 5) is 13.0. The number of carbonyl (C=O) groups is 1. The molecular formula is C17H16FNO2S. The van der Waals surface area contributed by atoms with E-state index in [0.717, 1.165) is 17.7 Å². The Morgan fingerprint density at radius 2 is 2.09 bits per heavy atom. The average molecular weight is 317 g/mol. The zero-order valence-electron chi connectivity index (χ0n) is 12.1. The summed E-state index contributed by atoms with van der Waals surface area (Å²) in [5.74, 6) is 0.149. The van der Waals surface area contributed by atoms with Gasteiger partial charge in [0.2, 0.25) is 0 Å². The molecule has 0 aromatic heterocycles. The zero-order chi connectivity index (χ0) is 15.7. The molecule has 1 atom stereocenters. The van der Waals surface area contributed by atoms with Crippen LogP contribution in [0, 0.1) is 12.7 Å². The van der Waals surface area contributed by atoms with Crippen LogP contribution in [0.2, 0.25) is 0 Å². The Hall–Kier alpha value is -2.01. The number of rotatable bonds is 2. The Bertz CT molecular complexity index is 733. The van der Waals surface area contributed by atoms with Crippen LogP contribution in [0.4, 0.5) is 4.39 Å². The molecule has 0 radical (unpaired) electrons. The summed E-state index contributed by atoms with van der Waals surface area (Å²) >= 11 is 1.47. The summed E-state index contributed by atoms with van der Waals surface area (Å²) < 4.78 is 13.8. The van der Waals surface area contributed by atoms with Gasteiger partial charge in [-0.05, 0) is 36.6 Å². The fraction of sp³-hybridized carbons (Fsp3) is 0.235. The number of phenolic OH excluding ortho intramolecular Hbond substituents is 1. The van der Waals surface area contributed by atoms with Gasteiger partial charge in [-0.3, -0.25) is 4.79 Å². The normalized spacial score (nSPS) is 16.9. The predicted molar refractivity (Wildman–Crippen MR) is 84.8 cm³/mol. The van der Waals surface area contributed by atoms with Crippen molar-refractivity contribution >= 4 is 17.7 Å². The van der Waals surface area contributed by atoms with E-state index in [1.165, 1.54) is 17.8 Å². The summed E-state index contributed by atoms with van der Waals surface area (Å²) in [5, 5.41) is 12.9. The van der Waals surface area contributed by atoms with Gasteiger partial charge in [-0.1, -0.05) is 24.3 Å². The fourth-order valence-corrected chi connectivity index (χ4v) is 3.76. The van der Waals surface area contributed by atoms with Gasteiger partial charge in [0.05, 0.1) is 11.6 Å². The van der Waals surface area contributed by atoms with E-state index in [1.807, 2.05) is 6.07 Å². The number of hydrogen-bond acceptors (Lipinski definition) is 3. The first-order valence-electron chi connectivity index (χ1n) is 7.08. The molecule has 5 heteroatoms. The molecule has 0 saturated heterocycles. The number of fused-ring (bicyclic) bond motifs is 1.